The Kier molecular flexibility index (Phi) is 4.18. The van der Waals surface area contributed by atoms with E-state index in [-0.39, 0.29) is 18.5 Å². The Morgan fingerprint density at radius 3 is 2.59 bits per heavy atom. The second-order valence-corrected chi connectivity index (χ2v) is 6.53. The highest BCUT2D eigenvalue weighted by Crippen LogP contribution is 2.43. The summed E-state index contributed by atoms with van der Waals surface area (Å²) in [7, 11) is 0. The van der Waals surface area contributed by atoms with Crippen molar-refractivity contribution in [3.05, 3.63) is 0 Å². The summed E-state index contributed by atoms with van der Waals surface area (Å²) >= 11 is 3.47. The van der Waals surface area contributed by atoms with E-state index in [4.69, 9.17) is 14.2 Å². The average molecular weight is 307 g/mol. The summed E-state index contributed by atoms with van der Waals surface area (Å²) in [5, 5.41) is 1.06. The summed E-state index contributed by atoms with van der Waals surface area (Å²) in [4.78, 5) is 0. The highest BCUT2D eigenvalue weighted by Gasteiger charge is 2.53. The molecule has 5 atom stereocenters. The van der Waals surface area contributed by atoms with E-state index in [1.54, 1.807) is 0 Å². The Morgan fingerprint density at radius 1 is 1.29 bits per heavy atom. The minimum absolute atomic E-state index is 0.0985. The van der Waals surface area contributed by atoms with Crippen LogP contribution < -0.4 is 0 Å². The third-order valence-corrected chi connectivity index (χ3v) is 4.33. The maximum absolute atomic E-state index is 6.03. The molecule has 2 heterocycles. The van der Waals surface area contributed by atoms with E-state index in [1.807, 2.05) is 13.8 Å². The Bertz CT molecular complexity index is 269. The van der Waals surface area contributed by atoms with Crippen molar-refractivity contribution in [2.75, 3.05) is 5.33 Å². The van der Waals surface area contributed by atoms with Gasteiger partial charge in [-0.1, -0.05) is 29.8 Å². The highest BCUT2D eigenvalue weighted by molar-refractivity contribution is 9.09. The van der Waals surface area contributed by atoms with Crippen LogP contribution in [-0.4, -0.2) is 29.6 Å². The molecule has 2 rings (SSSR count). The van der Waals surface area contributed by atoms with Gasteiger partial charge in [-0.3, -0.25) is 0 Å². The van der Waals surface area contributed by atoms with Crippen molar-refractivity contribution < 1.29 is 14.2 Å². The molecule has 0 aromatic carbocycles. The first-order chi connectivity index (χ1) is 7.94. The smallest absolute Gasteiger partial charge is 0.187 e. The summed E-state index contributed by atoms with van der Waals surface area (Å²) in [6.07, 6.45) is 2.57. The van der Waals surface area contributed by atoms with Crippen molar-refractivity contribution >= 4 is 15.9 Å². The molecule has 2 aliphatic heterocycles. The Balaban J connectivity index is 1.93. The van der Waals surface area contributed by atoms with Crippen LogP contribution in [0.15, 0.2) is 0 Å². The number of hydrogen-bond acceptors (Lipinski definition) is 3. The topological polar surface area (TPSA) is 27.7 Å². The number of hydrogen-bond donors (Lipinski definition) is 0. The molecule has 0 radical (unpaired) electrons. The zero-order valence-electron chi connectivity index (χ0n) is 11.1. The van der Waals surface area contributed by atoms with Gasteiger partial charge in [0.1, 0.15) is 6.10 Å². The Hall–Kier alpha value is 0.360. The molecule has 0 amide bonds. The van der Waals surface area contributed by atoms with E-state index < -0.39 is 5.79 Å². The number of rotatable bonds is 4. The molecule has 2 saturated heterocycles. The van der Waals surface area contributed by atoms with Crippen LogP contribution in [0.25, 0.3) is 0 Å². The molecule has 0 bridgehead atoms. The molecule has 0 spiro atoms. The molecule has 17 heavy (non-hydrogen) atoms. The van der Waals surface area contributed by atoms with Crippen LogP contribution in [0.1, 0.15) is 40.5 Å². The van der Waals surface area contributed by atoms with E-state index in [9.17, 15) is 0 Å². The molecule has 4 heteroatoms. The molecule has 100 valence electrons. The van der Waals surface area contributed by atoms with Crippen LogP contribution in [0.3, 0.4) is 0 Å². The van der Waals surface area contributed by atoms with Gasteiger partial charge in [-0.15, -0.1) is 0 Å². The van der Waals surface area contributed by atoms with E-state index in [2.05, 4.69) is 29.8 Å². The lowest BCUT2D eigenvalue weighted by Crippen LogP contribution is -2.31. The SMILES string of the molecule is C[C@H]1[C@H]2OC(C)(C)O[C@H]2O[C@@H]1[C@@H](C)CCCBr. The lowest BCUT2D eigenvalue weighted by molar-refractivity contribution is -0.214. The largest absolute Gasteiger partial charge is 0.346 e. The van der Waals surface area contributed by atoms with E-state index in [1.165, 1.54) is 12.8 Å². The average Bonchev–Trinajstić information content (AvgIpc) is 2.70. The maximum atomic E-state index is 6.03. The lowest BCUT2D eigenvalue weighted by atomic mass is 9.89. The summed E-state index contributed by atoms with van der Waals surface area (Å²) in [5.74, 6) is 0.476. The van der Waals surface area contributed by atoms with Gasteiger partial charge in [0.2, 0.25) is 0 Å². The first kappa shape index (κ1) is 13.8. The fourth-order valence-corrected chi connectivity index (χ4v) is 3.22. The molecular formula is C13H23BrO3. The van der Waals surface area contributed by atoms with Gasteiger partial charge in [0.05, 0.1) is 6.10 Å². The fourth-order valence-electron chi connectivity index (χ4n) is 2.90. The summed E-state index contributed by atoms with van der Waals surface area (Å²) in [6, 6.07) is 0. The van der Waals surface area contributed by atoms with Gasteiger partial charge in [-0.25, -0.2) is 0 Å². The predicted molar refractivity (Wildman–Crippen MR) is 70.1 cm³/mol. The van der Waals surface area contributed by atoms with Gasteiger partial charge in [0, 0.05) is 11.2 Å². The second kappa shape index (κ2) is 5.16. The molecule has 2 aliphatic rings. The van der Waals surface area contributed by atoms with Gasteiger partial charge in [0.15, 0.2) is 12.1 Å². The Labute approximate surface area is 112 Å². The van der Waals surface area contributed by atoms with Gasteiger partial charge in [0.25, 0.3) is 0 Å². The van der Waals surface area contributed by atoms with Crippen LogP contribution >= 0.6 is 15.9 Å². The van der Waals surface area contributed by atoms with E-state index in [0.29, 0.717) is 11.8 Å². The fraction of sp³-hybridized carbons (Fsp3) is 1.00. The summed E-state index contributed by atoms with van der Waals surface area (Å²) in [5.41, 5.74) is 0. The molecule has 2 fully saturated rings. The van der Waals surface area contributed by atoms with Gasteiger partial charge < -0.3 is 14.2 Å². The van der Waals surface area contributed by atoms with Crippen molar-refractivity contribution in [1.29, 1.82) is 0 Å². The van der Waals surface area contributed by atoms with E-state index in [0.717, 1.165) is 5.33 Å². The van der Waals surface area contributed by atoms with Crippen molar-refractivity contribution in [1.82, 2.24) is 0 Å². The third-order valence-electron chi connectivity index (χ3n) is 3.77. The van der Waals surface area contributed by atoms with Gasteiger partial charge >= 0.3 is 0 Å². The van der Waals surface area contributed by atoms with Crippen LogP contribution in [0.2, 0.25) is 0 Å². The zero-order chi connectivity index (χ0) is 12.6. The van der Waals surface area contributed by atoms with Crippen molar-refractivity contribution in [3.63, 3.8) is 0 Å². The number of alkyl halides is 1. The number of ether oxygens (including phenoxy) is 3. The van der Waals surface area contributed by atoms with Crippen LogP contribution in [0, 0.1) is 11.8 Å². The molecule has 0 saturated carbocycles. The normalized spacial score (nSPS) is 41.5. The second-order valence-electron chi connectivity index (χ2n) is 5.74. The van der Waals surface area contributed by atoms with E-state index >= 15 is 0 Å². The van der Waals surface area contributed by atoms with Crippen molar-refractivity contribution in [2.45, 2.75) is 64.8 Å². The van der Waals surface area contributed by atoms with Crippen LogP contribution in [0.5, 0.6) is 0 Å². The highest BCUT2D eigenvalue weighted by atomic mass is 79.9. The quantitative estimate of drug-likeness (QED) is 0.746. The van der Waals surface area contributed by atoms with Crippen molar-refractivity contribution in [2.24, 2.45) is 11.8 Å². The molecule has 3 nitrogen and oxygen atoms in total. The zero-order valence-corrected chi connectivity index (χ0v) is 12.7. The molecule has 0 unspecified atom stereocenters. The molecule has 0 aromatic rings. The molecule has 0 N–H and O–H groups in total. The van der Waals surface area contributed by atoms with Gasteiger partial charge in [-0.2, -0.15) is 0 Å². The Morgan fingerprint density at radius 2 is 2.00 bits per heavy atom. The predicted octanol–water partition coefficient (Wildman–Crippen LogP) is 3.31. The molecular weight excluding hydrogens is 284 g/mol. The van der Waals surface area contributed by atoms with Crippen molar-refractivity contribution in [3.8, 4) is 0 Å². The summed E-state index contributed by atoms with van der Waals surface area (Å²) < 4.78 is 17.7. The van der Waals surface area contributed by atoms with Crippen LogP contribution in [-0.2, 0) is 14.2 Å². The summed E-state index contributed by atoms with van der Waals surface area (Å²) in [6.45, 7) is 8.37. The molecule has 0 aromatic heterocycles. The molecule has 0 aliphatic carbocycles. The maximum Gasteiger partial charge on any atom is 0.187 e. The number of fused-ring (bicyclic) bond motifs is 1. The first-order valence-corrected chi connectivity index (χ1v) is 7.64. The van der Waals surface area contributed by atoms with Crippen LogP contribution in [0.4, 0.5) is 0 Å². The minimum Gasteiger partial charge on any atom is -0.346 e. The third kappa shape index (κ3) is 2.86. The lowest BCUT2D eigenvalue weighted by Gasteiger charge is -2.27. The first-order valence-electron chi connectivity index (χ1n) is 6.51. The van der Waals surface area contributed by atoms with Gasteiger partial charge in [-0.05, 0) is 32.6 Å². The number of halogens is 1. The standard InChI is InChI=1S/C13H23BrO3/c1-8(6-5-7-14)10-9(2)11-12(15-10)17-13(3,4)16-11/h8-12H,5-7H2,1-4H3/t8-,9+,10+,11+,12+/m0/s1. The monoisotopic (exact) mass is 306 g/mol. The minimum atomic E-state index is -0.492.